The quantitative estimate of drug-likeness (QED) is 0.895. The second-order valence-corrected chi connectivity index (χ2v) is 4.86. The minimum absolute atomic E-state index is 0.0500. The summed E-state index contributed by atoms with van der Waals surface area (Å²) in [5.41, 5.74) is 6.16. The van der Waals surface area contributed by atoms with Gasteiger partial charge in [-0.3, -0.25) is 14.3 Å². The molecule has 2 heterocycles. The summed E-state index contributed by atoms with van der Waals surface area (Å²) >= 11 is 0. The number of nitrogens with two attached hydrogens (primary N) is 1. The van der Waals surface area contributed by atoms with Crippen LogP contribution in [0.4, 0.5) is 4.39 Å². The number of carbonyl (C=O) groups is 1. The molecule has 1 aromatic carbocycles. The monoisotopic (exact) mass is 275 g/mol. The highest BCUT2D eigenvalue weighted by atomic mass is 19.1. The van der Waals surface area contributed by atoms with Crippen molar-refractivity contribution in [2.45, 2.75) is 25.8 Å². The zero-order chi connectivity index (χ0) is 14.3. The fourth-order valence-corrected chi connectivity index (χ4v) is 2.72. The van der Waals surface area contributed by atoms with Gasteiger partial charge in [0.1, 0.15) is 11.4 Å². The Hall–Kier alpha value is -2.37. The molecule has 5 nitrogen and oxygen atoms in total. The van der Waals surface area contributed by atoms with Gasteiger partial charge in [0.2, 0.25) is 0 Å². The van der Waals surface area contributed by atoms with Crippen molar-refractivity contribution in [3.63, 3.8) is 0 Å². The molecule has 2 N–H and O–H groups in total. The lowest BCUT2D eigenvalue weighted by Crippen LogP contribution is -2.26. The van der Waals surface area contributed by atoms with Gasteiger partial charge >= 0.3 is 0 Å². The molecule has 1 aliphatic heterocycles. The number of hydrogen-bond acceptors (Lipinski definition) is 2. The van der Waals surface area contributed by atoms with E-state index in [1.807, 2.05) is 0 Å². The highest BCUT2D eigenvalue weighted by molar-refractivity contribution is 5.93. The van der Waals surface area contributed by atoms with Crippen LogP contribution in [-0.4, -0.2) is 15.3 Å². The summed E-state index contributed by atoms with van der Waals surface area (Å²) in [4.78, 5) is 24.0. The van der Waals surface area contributed by atoms with Crippen molar-refractivity contribution in [2.75, 3.05) is 0 Å². The van der Waals surface area contributed by atoms with E-state index in [2.05, 4.69) is 0 Å². The molecule has 0 atom stereocenters. The van der Waals surface area contributed by atoms with Crippen molar-refractivity contribution in [1.29, 1.82) is 0 Å². The fraction of sp³-hybridized carbons (Fsp3) is 0.286. The van der Waals surface area contributed by atoms with Gasteiger partial charge in [0, 0.05) is 6.54 Å². The third kappa shape index (κ3) is 1.84. The maximum absolute atomic E-state index is 13.0. The molecule has 20 heavy (non-hydrogen) atoms. The predicted octanol–water partition coefficient (Wildman–Crippen LogP) is 1.21. The van der Waals surface area contributed by atoms with Crippen LogP contribution >= 0.6 is 0 Å². The number of amides is 1. The fourth-order valence-electron chi connectivity index (χ4n) is 2.72. The molecule has 0 saturated carbocycles. The molecule has 0 saturated heterocycles. The number of fused-ring (bicyclic) bond motifs is 1. The number of halogens is 1. The minimum Gasteiger partial charge on any atom is -0.365 e. The van der Waals surface area contributed by atoms with Gasteiger partial charge in [-0.2, -0.15) is 0 Å². The number of benzene rings is 1. The van der Waals surface area contributed by atoms with Crippen molar-refractivity contribution in [3.8, 4) is 5.69 Å². The van der Waals surface area contributed by atoms with E-state index in [1.165, 1.54) is 28.9 Å². The maximum Gasteiger partial charge on any atom is 0.284 e. The first-order chi connectivity index (χ1) is 9.59. The number of rotatable bonds is 2. The van der Waals surface area contributed by atoms with Gasteiger partial charge in [-0.15, -0.1) is 0 Å². The summed E-state index contributed by atoms with van der Waals surface area (Å²) in [5.74, 6) is -1.08. The molecule has 0 fully saturated rings. The molecule has 0 unspecified atom stereocenters. The first-order valence-corrected chi connectivity index (χ1v) is 6.50. The lowest BCUT2D eigenvalue weighted by molar-refractivity contribution is 0.0998. The smallest absolute Gasteiger partial charge is 0.284 e. The Bertz CT molecular complexity index is 728. The van der Waals surface area contributed by atoms with Crippen LogP contribution in [0.15, 0.2) is 29.1 Å². The SMILES string of the molecule is NC(=O)c1c2n(n(-c3ccc(F)cc3)c1=O)CCCC2. The third-order valence-corrected chi connectivity index (χ3v) is 3.60. The molecule has 3 rings (SSSR count). The van der Waals surface area contributed by atoms with Gasteiger partial charge in [-0.25, -0.2) is 9.07 Å². The zero-order valence-corrected chi connectivity index (χ0v) is 10.8. The standard InChI is InChI=1S/C14H14FN3O2/c15-9-4-6-10(7-5-9)18-14(20)12(13(16)19)11-3-1-2-8-17(11)18/h4-7H,1-3,8H2,(H2,16,19). The Morgan fingerprint density at radius 3 is 2.55 bits per heavy atom. The van der Waals surface area contributed by atoms with E-state index < -0.39 is 11.5 Å². The summed E-state index contributed by atoms with van der Waals surface area (Å²) in [6.07, 6.45) is 2.51. The summed E-state index contributed by atoms with van der Waals surface area (Å²) in [5, 5.41) is 0. The Labute approximate surface area is 114 Å². The second kappa shape index (κ2) is 4.63. The van der Waals surface area contributed by atoms with Gasteiger partial charge in [0.05, 0.1) is 11.4 Å². The Balaban J connectivity index is 2.28. The van der Waals surface area contributed by atoms with Gasteiger partial charge in [0.25, 0.3) is 11.5 Å². The van der Waals surface area contributed by atoms with Crippen LogP contribution in [0.25, 0.3) is 5.69 Å². The molecule has 0 radical (unpaired) electrons. The van der Waals surface area contributed by atoms with Crippen LogP contribution < -0.4 is 11.3 Å². The highest BCUT2D eigenvalue weighted by Gasteiger charge is 2.25. The largest absolute Gasteiger partial charge is 0.365 e. The van der Waals surface area contributed by atoms with Crippen LogP contribution in [0.5, 0.6) is 0 Å². The van der Waals surface area contributed by atoms with E-state index in [9.17, 15) is 14.0 Å². The molecule has 104 valence electrons. The van der Waals surface area contributed by atoms with Gasteiger partial charge < -0.3 is 5.73 Å². The molecule has 1 aromatic heterocycles. The summed E-state index contributed by atoms with van der Waals surface area (Å²) in [6, 6.07) is 5.61. The Kier molecular flexibility index (Phi) is 2.93. The molecule has 0 aliphatic carbocycles. The van der Waals surface area contributed by atoms with Crippen LogP contribution in [0.2, 0.25) is 0 Å². The third-order valence-electron chi connectivity index (χ3n) is 3.60. The predicted molar refractivity (Wildman–Crippen MR) is 71.4 cm³/mol. The van der Waals surface area contributed by atoms with Crippen LogP contribution in [-0.2, 0) is 13.0 Å². The maximum atomic E-state index is 13.0. The number of primary amides is 1. The lowest BCUT2D eigenvalue weighted by atomic mass is 10.1. The van der Waals surface area contributed by atoms with Crippen molar-refractivity contribution < 1.29 is 9.18 Å². The lowest BCUT2D eigenvalue weighted by Gasteiger charge is -2.19. The topological polar surface area (TPSA) is 70.0 Å². The van der Waals surface area contributed by atoms with Crippen molar-refractivity contribution in [2.24, 2.45) is 5.73 Å². The van der Waals surface area contributed by atoms with Gasteiger partial charge in [-0.05, 0) is 43.5 Å². The average molecular weight is 275 g/mol. The van der Waals surface area contributed by atoms with E-state index in [4.69, 9.17) is 5.73 Å². The van der Waals surface area contributed by atoms with Gasteiger partial charge in [0.15, 0.2) is 0 Å². The van der Waals surface area contributed by atoms with Gasteiger partial charge in [-0.1, -0.05) is 0 Å². The molecular formula is C14H14FN3O2. The zero-order valence-electron chi connectivity index (χ0n) is 10.8. The first kappa shape index (κ1) is 12.7. The molecule has 0 bridgehead atoms. The second-order valence-electron chi connectivity index (χ2n) is 4.86. The summed E-state index contributed by atoms with van der Waals surface area (Å²) in [6.45, 7) is 0.648. The molecular weight excluding hydrogens is 261 g/mol. The van der Waals surface area contributed by atoms with Crippen LogP contribution in [0, 0.1) is 5.82 Å². The van der Waals surface area contributed by atoms with E-state index in [0.717, 1.165) is 12.8 Å². The molecule has 0 spiro atoms. The summed E-state index contributed by atoms with van der Waals surface area (Å²) < 4.78 is 16.2. The molecule has 1 amide bonds. The van der Waals surface area contributed by atoms with Crippen molar-refractivity contribution >= 4 is 5.91 Å². The Morgan fingerprint density at radius 1 is 1.20 bits per heavy atom. The van der Waals surface area contributed by atoms with Crippen LogP contribution in [0.3, 0.4) is 0 Å². The van der Waals surface area contributed by atoms with E-state index in [-0.39, 0.29) is 11.4 Å². The number of nitrogens with zero attached hydrogens (tertiary/aromatic N) is 2. The van der Waals surface area contributed by atoms with Crippen LogP contribution in [0.1, 0.15) is 28.9 Å². The normalized spacial score (nSPS) is 14.1. The van der Waals surface area contributed by atoms with E-state index in [1.54, 1.807) is 4.68 Å². The number of aromatic nitrogens is 2. The highest BCUT2D eigenvalue weighted by Crippen LogP contribution is 2.19. The molecule has 1 aliphatic rings. The minimum atomic E-state index is -0.707. The van der Waals surface area contributed by atoms with E-state index >= 15 is 0 Å². The average Bonchev–Trinajstić information content (AvgIpc) is 2.72. The van der Waals surface area contributed by atoms with Crippen molar-refractivity contribution in [3.05, 3.63) is 51.7 Å². The van der Waals surface area contributed by atoms with E-state index in [0.29, 0.717) is 24.3 Å². The first-order valence-electron chi connectivity index (χ1n) is 6.50. The molecule has 2 aromatic rings. The van der Waals surface area contributed by atoms with Crippen molar-refractivity contribution in [1.82, 2.24) is 9.36 Å². The summed E-state index contributed by atoms with van der Waals surface area (Å²) in [7, 11) is 0. The Morgan fingerprint density at radius 2 is 1.90 bits per heavy atom. The number of carbonyl (C=O) groups excluding carboxylic acids is 1. The molecule has 6 heteroatoms. The number of hydrogen-bond donors (Lipinski definition) is 1.